The van der Waals surface area contributed by atoms with Gasteiger partial charge >= 0.3 is 0 Å². The third-order valence-corrected chi connectivity index (χ3v) is 4.93. The Bertz CT molecular complexity index is 673. The molecule has 22 heavy (non-hydrogen) atoms. The number of amides is 1. The molecule has 2 aromatic rings. The first-order valence-corrected chi connectivity index (χ1v) is 8.37. The van der Waals surface area contributed by atoms with Crippen molar-refractivity contribution in [1.82, 2.24) is 14.8 Å². The summed E-state index contributed by atoms with van der Waals surface area (Å²) in [6, 6.07) is 6.52. The van der Waals surface area contributed by atoms with Gasteiger partial charge in [-0.15, -0.1) is 10.2 Å². The number of para-hydroxylation sites is 1. The van der Waals surface area contributed by atoms with Crippen LogP contribution in [0.4, 0.5) is 5.69 Å². The van der Waals surface area contributed by atoms with E-state index in [1.807, 2.05) is 39.0 Å². The Morgan fingerprint density at radius 1 is 1.36 bits per heavy atom. The summed E-state index contributed by atoms with van der Waals surface area (Å²) in [6.45, 7) is 5.91. The molecule has 6 heteroatoms. The summed E-state index contributed by atoms with van der Waals surface area (Å²) in [5.74, 6) is -0.00672. The molecule has 1 aromatic heterocycles. The minimum absolute atomic E-state index is 0.00672. The highest BCUT2D eigenvalue weighted by molar-refractivity contribution is 8.00. The lowest BCUT2D eigenvalue weighted by molar-refractivity contribution is -0.115. The van der Waals surface area contributed by atoms with Gasteiger partial charge in [0.1, 0.15) is 6.33 Å². The lowest BCUT2D eigenvalue weighted by Crippen LogP contribution is -2.23. The molecule has 0 radical (unpaired) electrons. The summed E-state index contributed by atoms with van der Waals surface area (Å²) >= 11 is 1.46. The van der Waals surface area contributed by atoms with E-state index in [1.165, 1.54) is 24.6 Å². The third-order valence-electron chi connectivity index (χ3n) is 3.86. The molecule has 1 saturated carbocycles. The van der Waals surface area contributed by atoms with Crippen LogP contribution in [0.15, 0.2) is 29.7 Å². The zero-order chi connectivity index (χ0) is 15.7. The number of nitrogens with zero attached hydrogens (tertiary/aromatic N) is 3. The Hall–Kier alpha value is -1.82. The molecular formula is C16H20N4OS. The van der Waals surface area contributed by atoms with Crippen molar-refractivity contribution in [1.29, 1.82) is 0 Å². The van der Waals surface area contributed by atoms with Crippen LogP contribution in [0.3, 0.4) is 0 Å². The smallest absolute Gasteiger partial charge is 0.237 e. The summed E-state index contributed by atoms with van der Waals surface area (Å²) in [5, 5.41) is 11.7. The number of aryl methyl sites for hydroxylation is 2. The van der Waals surface area contributed by atoms with E-state index < -0.39 is 0 Å². The van der Waals surface area contributed by atoms with Gasteiger partial charge in [-0.2, -0.15) is 0 Å². The van der Waals surface area contributed by atoms with E-state index in [2.05, 4.69) is 20.1 Å². The standard InChI is InChI=1S/C16H20N4OS/c1-10-5-4-6-11(2)14(10)18-15(21)12(3)22-16-19-17-9-20(16)13-7-8-13/h4-6,9,12-13H,7-8H2,1-3H3,(H,18,21). The molecule has 1 atom stereocenters. The maximum Gasteiger partial charge on any atom is 0.237 e. The van der Waals surface area contributed by atoms with Gasteiger partial charge in [0.2, 0.25) is 5.91 Å². The van der Waals surface area contributed by atoms with Crippen molar-refractivity contribution in [3.05, 3.63) is 35.7 Å². The number of thioether (sulfide) groups is 1. The van der Waals surface area contributed by atoms with Crippen molar-refractivity contribution >= 4 is 23.4 Å². The lowest BCUT2D eigenvalue weighted by atomic mass is 10.1. The van der Waals surface area contributed by atoms with E-state index in [-0.39, 0.29) is 11.2 Å². The fourth-order valence-corrected chi connectivity index (χ4v) is 3.26. The van der Waals surface area contributed by atoms with Crippen molar-refractivity contribution in [2.45, 2.75) is 50.1 Å². The van der Waals surface area contributed by atoms with Crippen LogP contribution in [0.1, 0.15) is 36.9 Å². The molecular weight excluding hydrogens is 296 g/mol. The topological polar surface area (TPSA) is 59.8 Å². The van der Waals surface area contributed by atoms with Crippen LogP contribution in [0.2, 0.25) is 0 Å². The number of benzene rings is 1. The van der Waals surface area contributed by atoms with Gasteiger partial charge in [-0.3, -0.25) is 4.79 Å². The summed E-state index contributed by atoms with van der Waals surface area (Å²) in [5.41, 5.74) is 3.06. The predicted molar refractivity (Wildman–Crippen MR) is 88.2 cm³/mol. The second-order valence-corrected chi connectivity index (χ2v) is 7.08. The zero-order valence-corrected chi connectivity index (χ0v) is 13.9. The van der Waals surface area contributed by atoms with Gasteiger partial charge in [0.15, 0.2) is 5.16 Å². The first kappa shape index (κ1) is 15.1. The van der Waals surface area contributed by atoms with Gasteiger partial charge < -0.3 is 9.88 Å². The van der Waals surface area contributed by atoms with E-state index in [9.17, 15) is 4.79 Å². The number of carbonyl (C=O) groups is 1. The van der Waals surface area contributed by atoms with E-state index in [0.29, 0.717) is 6.04 Å². The van der Waals surface area contributed by atoms with Crippen molar-refractivity contribution in [2.75, 3.05) is 5.32 Å². The first-order chi connectivity index (χ1) is 10.6. The average molecular weight is 316 g/mol. The first-order valence-electron chi connectivity index (χ1n) is 7.49. The maximum atomic E-state index is 12.5. The summed E-state index contributed by atoms with van der Waals surface area (Å²) in [4.78, 5) is 12.5. The molecule has 0 spiro atoms. The van der Waals surface area contributed by atoms with Crippen molar-refractivity contribution < 1.29 is 4.79 Å². The lowest BCUT2D eigenvalue weighted by Gasteiger charge is -2.15. The molecule has 1 fully saturated rings. The second-order valence-electron chi connectivity index (χ2n) is 5.77. The Kier molecular flexibility index (Phi) is 4.20. The monoisotopic (exact) mass is 316 g/mol. The van der Waals surface area contributed by atoms with Crippen LogP contribution >= 0.6 is 11.8 Å². The average Bonchev–Trinajstić information content (AvgIpc) is 3.23. The van der Waals surface area contributed by atoms with Crippen molar-refractivity contribution in [3.63, 3.8) is 0 Å². The molecule has 0 aliphatic heterocycles. The van der Waals surface area contributed by atoms with Crippen LogP contribution in [-0.4, -0.2) is 25.9 Å². The minimum atomic E-state index is -0.222. The molecule has 0 saturated heterocycles. The molecule has 1 unspecified atom stereocenters. The molecule has 1 aliphatic rings. The third kappa shape index (κ3) is 3.16. The molecule has 1 aliphatic carbocycles. The Morgan fingerprint density at radius 3 is 2.68 bits per heavy atom. The number of anilines is 1. The highest BCUT2D eigenvalue weighted by Gasteiger charge is 2.28. The number of aromatic nitrogens is 3. The minimum Gasteiger partial charge on any atom is -0.325 e. The normalized spacial score (nSPS) is 15.6. The van der Waals surface area contributed by atoms with E-state index in [0.717, 1.165) is 22.0 Å². The molecule has 1 amide bonds. The largest absolute Gasteiger partial charge is 0.325 e. The highest BCUT2D eigenvalue weighted by atomic mass is 32.2. The molecule has 1 heterocycles. The van der Waals surface area contributed by atoms with Crippen LogP contribution in [-0.2, 0) is 4.79 Å². The zero-order valence-electron chi connectivity index (χ0n) is 13.0. The summed E-state index contributed by atoms with van der Waals surface area (Å²) in [6.07, 6.45) is 4.11. The van der Waals surface area contributed by atoms with Gasteiger partial charge in [0, 0.05) is 11.7 Å². The quantitative estimate of drug-likeness (QED) is 0.859. The number of hydrogen-bond donors (Lipinski definition) is 1. The Balaban J connectivity index is 1.68. The number of nitrogens with one attached hydrogen (secondary N) is 1. The van der Waals surface area contributed by atoms with Gasteiger partial charge in [-0.05, 0) is 44.7 Å². The Morgan fingerprint density at radius 2 is 2.05 bits per heavy atom. The van der Waals surface area contributed by atoms with Crippen LogP contribution in [0.25, 0.3) is 0 Å². The maximum absolute atomic E-state index is 12.5. The van der Waals surface area contributed by atoms with Gasteiger partial charge in [-0.25, -0.2) is 0 Å². The molecule has 0 bridgehead atoms. The second kappa shape index (κ2) is 6.12. The molecule has 116 valence electrons. The van der Waals surface area contributed by atoms with Gasteiger partial charge in [0.25, 0.3) is 0 Å². The highest BCUT2D eigenvalue weighted by Crippen LogP contribution is 2.38. The van der Waals surface area contributed by atoms with E-state index in [4.69, 9.17) is 0 Å². The van der Waals surface area contributed by atoms with E-state index in [1.54, 1.807) is 6.33 Å². The fourth-order valence-electron chi connectivity index (χ4n) is 2.37. The van der Waals surface area contributed by atoms with Crippen LogP contribution in [0.5, 0.6) is 0 Å². The number of rotatable bonds is 5. The van der Waals surface area contributed by atoms with Crippen molar-refractivity contribution in [2.24, 2.45) is 0 Å². The van der Waals surface area contributed by atoms with Gasteiger partial charge in [-0.1, -0.05) is 30.0 Å². The Labute approximate surface area is 134 Å². The molecule has 1 N–H and O–H groups in total. The van der Waals surface area contributed by atoms with Crippen LogP contribution in [0, 0.1) is 13.8 Å². The number of hydrogen-bond acceptors (Lipinski definition) is 4. The van der Waals surface area contributed by atoms with Crippen LogP contribution < -0.4 is 5.32 Å². The van der Waals surface area contributed by atoms with Crippen molar-refractivity contribution in [3.8, 4) is 0 Å². The SMILES string of the molecule is Cc1cccc(C)c1NC(=O)C(C)Sc1nncn1C1CC1. The fraction of sp³-hybridized carbons (Fsp3) is 0.438. The van der Waals surface area contributed by atoms with Gasteiger partial charge in [0.05, 0.1) is 5.25 Å². The summed E-state index contributed by atoms with van der Waals surface area (Å²) < 4.78 is 2.08. The molecule has 1 aromatic carbocycles. The van der Waals surface area contributed by atoms with E-state index >= 15 is 0 Å². The number of carbonyl (C=O) groups excluding carboxylic acids is 1. The predicted octanol–water partition coefficient (Wildman–Crippen LogP) is 3.35. The molecule has 3 rings (SSSR count). The summed E-state index contributed by atoms with van der Waals surface area (Å²) in [7, 11) is 0. The molecule has 5 nitrogen and oxygen atoms in total.